The SMILES string of the molecule is COC(=O)C1=C(O)c2sc(-c3ccccc3)cc2SN1. The number of hydrogen-bond acceptors (Lipinski definition) is 6. The van der Waals surface area contributed by atoms with Gasteiger partial charge in [-0.15, -0.1) is 11.3 Å². The number of nitrogens with one attached hydrogen (secondary N) is 1. The zero-order chi connectivity index (χ0) is 14.1. The van der Waals surface area contributed by atoms with Crippen LogP contribution in [0.2, 0.25) is 0 Å². The van der Waals surface area contributed by atoms with Gasteiger partial charge in [0, 0.05) is 4.88 Å². The summed E-state index contributed by atoms with van der Waals surface area (Å²) in [6.45, 7) is 0. The molecule has 0 amide bonds. The topological polar surface area (TPSA) is 58.6 Å². The summed E-state index contributed by atoms with van der Waals surface area (Å²) in [5.41, 5.74) is 1.17. The molecule has 4 nitrogen and oxygen atoms in total. The molecule has 1 aliphatic heterocycles. The molecule has 2 N–H and O–H groups in total. The molecule has 1 aliphatic rings. The van der Waals surface area contributed by atoms with Gasteiger partial charge in [0.25, 0.3) is 0 Å². The first-order chi connectivity index (χ1) is 9.70. The number of esters is 1. The number of carbonyl (C=O) groups is 1. The summed E-state index contributed by atoms with van der Waals surface area (Å²) in [4.78, 5) is 14.2. The van der Waals surface area contributed by atoms with Gasteiger partial charge in [0.05, 0.1) is 16.9 Å². The van der Waals surface area contributed by atoms with E-state index in [9.17, 15) is 9.90 Å². The van der Waals surface area contributed by atoms with Crippen molar-refractivity contribution in [3.63, 3.8) is 0 Å². The van der Waals surface area contributed by atoms with E-state index < -0.39 is 5.97 Å². The Morgan fingerprint density at radius 3 is 2.75 bits per heavy atom. The molecule has 6 heteroatoms. The van der Waals surface area contributed by atoms with Crippen LogP contribution in [0.5, 0.6) is 0 Å². The third-order valence-corrected chi connectivity index (χ3v) is 5.03. The molecule has 3 rings (SSSR count). The van der Waals surface area contributed by atoms with Crippen LogP contribution < -0.4 is 4.72 Å². The molecule has 2 heterocycles. The van der Waals surface area contributed by atoms with E-state index in [-0.39, 0.29) is 11.5 Å². The van der Waals surface area contributed by atoms with Crippen LogP contribution in [0.1, 0.15) is 4.88 Å². The van der Waals surface area contributed by atoms with Crippen molar-refractivity contribution in [2.75, 3.05) is 7.11 Å². The average molecular weight is 305 g/mol. The lowest BCUT2D eigenvalue weighted by molar-refractivity contribution is -0.136. The Kier molecular flexibility index (Phi) is 3.42. The number of benzene rings is 1. The van der Waals surface area contributed by atoms with Crippen molar-refractivity contribution in [1.29, 1.82) is 0 Å². The second kappa shape index (κ2) is 5.22. The lowest BCUT2D eigenvalue weighted by Gasteiger charge is -2.15. The standard InChI is InChI=1S/C14H11NO3S2/c1-18-14(17)11-12(16)13-10(20-15-11)7-9(19-13)8-5-3-2-4-6-8/h2-7,15-16H,1H3. The lowest BCUT2D eigenvalue weighted by Crippen LogP contribution is -2.20. The van der Waals surface area contributed by atoms with Gasteiger partial charge in [-0.2, -0.15) is 0 Å². The van der Waals surface area contributed by atoms with Crippen LogP contribution in [0.3, 0.4) is 0 Å². The molecule has 1 aromatic carbocycles. The Morgan fingerprint density at radius 2 is 2.05 bits per heavy atom. The monoisotopic (exact) mass is 305 g/mol. The normalized spacial score (nSPS) is 13.7. The number of aliphatic hydroxyl groups is 1. The highest BCUT2D eigenvalue weighted by molar-refractivity contribution is 7.97. The first-order valence-electron chi connectivity index (χ1n) is 5.84. The van der Waals surface area contributed by atoms with Gasteiger partial charge in [0.2, 0.25) is 0 Å². The molecular weight excluding hydrogens is 294 g/mol. The van der Waals surface area contributed by atoms with Gasteiger partial charge in [0.15, 0.2) is 11.5 Å². The van der Waals surface area contributed by atoms with Crippen LogP contribution in [0, 0.1) is 0 Å². The quantitative estimate of drug-likeness (QED) is 0.657. The number of methoxy groups -OCH3 is 1. The van der Waals surface area contributed by atoms with Gasteiger partial charge in [-0.3, -0.25) is 0 Å². The fourth-order valence-electron chi connectivity index (χ4n) is 1.87. The van der Waals surface area contributed by atoms with Crippen molar-refractivity contribution < 1.29 is 14.6 Å². The molecule has 1 aromatic heterocycles. The molecule has 0 spiro atoms. The molecule has 102 valence electrons. The van der Waals surface area contributed by atoms with Gasteiger partial charge in [-0.05, 0) is 23.6 Å². The maximum Gasteiger partial charge on any atom is 0.358 e. The van der Waals surface area contributed by atoms with Crippen LogP contribution in [0.25, 0.3) is 16.2 Å². The zero-order valence-electron chi connectivity index (χ0n) is 10.5. The highest BCUT2D eigenvalue weighted by Gasteiger charge is 2.27. The van der Waals surface area contributed by atoms with E-state index in [1.807, 2.05) is 36.4 Å². The Labute approximate surface area is 124 Å². The predicted octanol–water partition coefficient (Wildman–Crippen LogP) is 3.43. The minimum atomic E-state index is -0.574. The molecule has 0 unspecified atom stereocenters. The third-order valence-electron chi connectivity index (χ3n) is 2.86. The van der Waals surface area contributed by atoms with E-state index in [1.165, 1.54) is 30.4 Å². The van der Waals surface area contributed by atoms with Crippen molar-refractivity contribution in [1.82, 2.24) is 4.72 Å². The number of ether oxygens (including phenoxy) is 1. The lowest BCUT2D eigenvalue weighted by atomic mass is 10.2. The van der Waals surface area contributed by atoms with E-state index in [1.54, 1.807) is 0 Å². The first-order valence-corrected chi connectivity index (χ1v) is 7.48. The van der Waals surface area contributed by atoms with E-state index >= 15 is 0 Å². The van der Waals surface area contributed by atoms with Gasteiger partial charge in [-0.25, -0.2) is 4.79 Å². The highest BCUT2D eigenvalue weighted by atomic mass is 32.2. The minimum absolute atomic E-state index is 0.0576. The number of hydrogen-bond donors (Lipinski definition) is 2. The van der Waals surface area contributed by atoms with Gasteiger partial charge < -0.3 is 14.6 Å². The highest BCUT2D eigenvalue weighted by Crippen LogP contribution is 2.42. The molecule has 0 bridgehead atoms. The summed E-state index contributed by atoms with van der Waals surface area (Å²) in [5, 5.41) is 10.2. The zero-order valence-corrected chi connectivity index (χ0v) is 12.2. The Morgan fingerprint density at radius 1 is 1.30 bits per heavy atom. The first kappa shape index (κ1) is 13.1. The van der Waals surface area contributed by atoms with E-state index in [0.717, 1.165) is 15.3 Å². The summed E-state index contributed by atoms with van der Waals surface area (Å²) in [6.07, 6.45) is 0. The van der Waals surface area contributed by atoms with Crippen molar-refractivity contribution in [3.05, 3.63) is 47.0 Å². The smallest absolute Gasteiger partial charge is 0.358 e. The number of rotatable bonds is 2. The number of thiophene rings is 1. The van der Waals surface area contributed by atoms with Crippen molar-refractivity contribution in [3.8, 4) is 10.4 Å². The minimum Gasteiger partial charge on any atom is -0.504 e. The van der Waals surface area contributed by atoms with E-state index in [0.29, 0.717) is 4.88 Å². The van der Waals surface area contributed by atoms with Crippen LogP contribution >= 0.6 is 23.3 Å². The maximum absolute atomic E-state index is 11.6. The summed E-state index contributed by atoms with van der Waals surface area (Å²) < 4.78 is 7.46. The summed E-state index contributed by atoms with van der Waals surface area (Å²) >= 11 is 2.75. The molecular formula is C14H11NO3S2. The molecule has 0 radical (unpaired) electrons. The average Bonchev–Trinajstić information content (AvgIpc) is 2.93. The second-order valence-electron chi connectivity index (χ2n) is 4.09. The molecule has 20 heavy (non-hydrogen) atoms. The van der Waals surface area contributed by atoms with E-state index in [2.05, 4.69) is 9.46 Å². The van der Waals surface area contributed by atoms with Crippen LogP contribution in [-0.4, -0.2) is 18.2 Å². The van der Waals surface area contributed by atoms with E-state index in [4.69, 9.17) is 0 Å². The van der Waals surface area contributed by atoms with Crippen molar-refractivity contribution in [2.45, 2.75) is 4.90 Å². The fraction of sp³-hybridized carbons (Fsp3) is 0.0714. The summed E-state index contributed by atoms with van der Waals surface area (Å²) in [7, 11) is 1.29. The van der Waals surface area contributed by atoms with Gasteiger partial charge >= 0.3 is 5.97 Å². The largest absolute Gasteiger partial charge is 0.504 e. The molecule has 0 saturated heterocycles. The van der Waals surface area contributed by atoms with Gasteiger partial charge in [-0.1, -0.05) is 30.3 Å². The van der Waals surface area contributed by atoms with Crippen molar-refractivity contribution in [2.24, 2.45) is 0 Å². The number of aliphatic hydroxyl groups excluding tert-OH is 1. The maximum atomic E-state index is 11.6. The second-order valence-corrected chi connectivity index (χ2v) is 5.99. The molecule has 0 aliphatic carbocycles. The third kappa shape index (κ3) is 2.17. The Balaban J connectivity index is 2.05. The molecule has 0 fully saturated rings. The number of fused-ring (bicyclic) bond motifs is 1. The van der Waals surface area contributed by atoms with Crippen LogP contribution in [-0.2, 0) is 9.53 Å². The fourth-order valence-corrected chi connectivity index (χ4v) is 3.96. The van der Waals surface area contributed by atoms with Crippen LogP contribution in [0.15, 0.2) is 47.0 Å². The number of carbonyl (C=O) groups excluding carboxylic acids is 1. The van der Waals surface area contributed by atoms with Crippen LogP contribution in [0.4, 0.5) is 0 Å². The summed E-state index contributed by atoms with van der Waals surface area (Å²) in [6, 6.07) is 11.9. The van der Waals surface area contributed by atoms with Crippen molar-refractivity contribution >= 4 is 35.0 Å². The predicted molar refractivity (Wildman–Crippen MR) is 80.3 cm³/mol. The van der Waals surface area contributed by atoms with Gasteiger partial charge in [0.1, 0.15) is 0 Å². The summed E-state index contributed by atoms with van der Waals surface area (Å²) in [5.74, 6) is -0.631. The Hall–Kier alpha value is -1.92. The molecule has 0 atom stereocenters. The Bertz CT molecular complexity index is 692. The molecule has 0 saturated carbocycles. The molecule has 2 aromatic rings.